The van der Waals surface area contributed by atoms with Gasteiger partial charge in [0.1, 0.15) is 33.7 Å². The van der Waals surface area contributed by atoms with Gasteiger partial charge < -0.3 is 19.7 Å². The lowest BCUT2D eigenvalue weighted by atomic mass is 10.1. The summed E-state index contributed by atoms with van der Waals surface area (Å²) in [6.45, 7) is 6.53. The van der Waals surface area contributed by atoms with Crippen molar-refractivity contribution < 1.29 is 24.1 Å². The Kier molecular flexibility index (Phi) is 9.21. The van der Waals surface area contributed by atoms with Crippen LogP contribution in [-0.4, -0.2) is 61.7 Å². The second-order valence-corrected chi connectivity index (χ2v) is 10.7. The molecule has 0 fully saturated rings. The Balaban J connectivity index is 1.99. The number of aliphatic hydroxyl groups excluding tert-OH is 2. The number of hydrogen-bond acceptors (Lipinski definition) is 9. The zero-order chi connectivity index (χ0) is 29.1. The highest BCUT2D eigenvalue weighted by atomic mass is 32.1. The molecule has 11 nitrogen and oxygen atoms in total. The van der Waals surface area contributed by atoms with Crippen molar-refractivity contribution in [2.24, 2.45) is 0 Å². The molecule has 3 N–H and O–H groups in total. The minimum atomic E-state index is -1.19. The van der Waals surface area contributed by atoms with Crippen LogP contribution >= 0.6 is 11.3 Å². The highest BCUT2D eigenvalue weighted by Gasteiger charge is 2.29. The van der Waals surface area contributed by atoms with Crippen molar-refractivity contribution >= 4 is 21.6 Å². The van der Waals surface area contributed by atoms with Crippen LogP contribution in [0.5, 0.6) is 5.75 Å². The third-order valence-corrected chi connectivity index (χ3v) is 7.90. The van der Waals surface area contributed by atoms with Crippen LogP contribution < -0.4 is 21.3 Å². The van der Waals surface area contributed by atoms with Crippen LogP contribution in [0.1, 0.15) is 44.0 Å². The number of nitrogens with one attached hydrogen (secondary N) is 1. The molecule has 0 aliphatic heterocycles. The number of aromatic nitrogens is 4. The Labute approximate surface area is 234 Å². The Morgan fingerprint density at radius 3 is 2.60 bits per heavy atom. The summed E-state index contributed by atoms with van der Waals surface area (Å²) in [4.78, 5) is 28.3. The number of nitrogens with zero attached hydrogens (tertiary/aromatic N) is 4. The molecule has 2 unspecified atom stereocenters. The van der Waals surface area contributed by atoms with Gasteiger partial charge in [-0.3, -0.25) is 19.2 Å². The van der Waals surface area contributed by atoms with Gasteiger partial charge in [0, 0.05) is 29.6 Å². The number of aryl methyl sites for hydroxylation is 1. The van der Waals surface area contributed by atoms with Crippen molar-refractivity contribution in [2.45, 2.75) is 58.7 Å². The van der Waals surface area contributed by atoms with Crippen molar-refractivity contribution in [2.75, 3.05) is 20.3 Å². The van der Waals surface area contributed by atoms with E-state index in [1.807, 2.05) is 13.8 Å². The Morgan fingerprint density at radius 1 is 1.23 bits per heavy atom. The number of fused-ring (bicyclic) bond motifs is 1. The normalized spacial score (nSPS) is 14.1. The molecule has 0 bridgehead atoms. The van der Waals surface area contributed by atoms with E-state index < -0.39 is 35.4 Å². The molecular formula is C27H34FN5O6S. The van der Waals surface area contributed by atoms with Gasteiger partial charge in [0.15, 0.2) is 0 Å². The van der Waals surface area contributed by atoms with E-state index in [1.54, 1.807) is 37.0 Å². The summed E-state index contributed by atoms with van der Waals surface area (Å²) in [6.07, 6.45) is 1.24. The molecule has 0 saturated carbocycles. The molecule has 0 spiro atoms. The zero-order valence-electron chi connectivity index (χ0n) is 23.0. The largest absolute Gasteiger partial charge is 0.496 e. The summed E-state index contributed by atoms with van der Waals surface area (Å²) in [5.74, 6) is -0.188. The molecule has 3 aromatic heterocycles. The quantitative estimate of drug-likeness (QED) is 0.220. The van der Waals surface area contributed by atoms with Crippen LogP contribution in [-0.2, 0) is 11.3 Å². The molecule has 0 radical (unpaired) electrons. The van der Waals surface area contributed by atoms with E-state index in [9.17, 15) is 24.2 Å². The summed E-state index contributed by atoms with van der Waals surface area (Å²) >= 11 is 1.21. The first-order valence-electron chi connectivity index (χ1n) is 12.9. The molecule has 216 valence electrons. The van der Waals surface area contributed by atoms with Gasteiger partial charge in [-0.2, -0.15) is 5.10 Å². The van der Waals surface area contributed by atoms with E-state index in [0.717, 1.165) is 4.57 Å². The van der Waals surface area contributed by atoms with Crippen LogP contribution in [0.15, 0.2) is 46.2 Å². The fraction of sp³-hybridized carbons (Fsp3) is 0.444. The van der Waals surface area contributed by atoms with Gasteiger partial charge in [0.2, 0.25) is 0 Å². The molecular weight excluding hydrogens is 541 g/mol. The van der Waals surface area contributed by atoms with Gasteiger partial charge in [-0.25, -0.2) is 13.9 Å². The fourth-order valence-electron chi connectivity index (χ4n) is 4.66. The van der Waals surface area contributed by atoms with Crippen molar-refractivity contribution in [1.82, 2.24) is 24.2 Å². The van der Waals surface area contributed by atoms with Crippen molar-refractivity contribution in [1.29, 1.82) is 0 Å². The van der Waals surface area contributed by atoms with Gasteiger partial charge >= 0.3 is 5.69 Å². The fourth-order valence-corrected chi connectivity index (χ4v) is 5.91. The van der Waals surface area contributed by atoms with E-state index >= 15 is 0 Å². The number of methoxy groups -OCH3 is 1. The number of ether oxygens (including phenoxy) is 2. The standard InChI is InChI=1S/C27H34FN5O6S/c1-15(2)30-23(35)17(4)33-24(36)22-16(3)25(32-10-6-9-29-32)40-26(22)31(27(33)37)14-21(39-12-11-34)19-13-18(28)7-8-20(19)38-5/h6-10,13,15,17,21,23,30,34-35H,11-12,14H2,1-5H3/t17?,21-,23?/m0/s1. The molecule has 13 heteroatoms. The summed E-state index contributed by atoms with van der Waals surface area (Å²) in [5.41, 5.74) is -0.262. The summed E-state index contributed by atoms with van der Waals surface area (Å²) in [7, 11) is 1.44. The van der Waals surface area contributed by atoms with Crippen LogP contribution in [0.3, 0.4) is 0 Å². The Morgan fingerprint density at radius 2 is 1.98 bits per heavy atom. The number of benzene rings is 1. The maximum absolute atomic E-state index is 14.3. The number of hydrogen-bond donors (Lipinski definition) is 3. The average molecular weight is 576 g/mol. The van der Waals surface area contributed by atoms with Gasteiger partial charge in [0.05, 0.1) is 38.3 Å². The zero-order valence-corrected chi connectivity index (χ0v) is 23.8. The molecule has 0 aliphatic carbocycles. The van der Waals surface area contributed by atoms with Gasteiger partial charge in [-0.1, -0.05) is 11.3 Å². The maximum Gasteiger partial charge on any atom is 0.332 e. The lowest BCUT2D eigenvalue weighted by Crippen LogP contribution is -2.49. The first-order chi connectivity index (χ1) is 19.1. The van der Waals surface area contributed by atoms with E-state index in [2.05, 4.69) is 10.4 Å². The van der Waals surface area contributed by atoms with Gasteiger partial charge in [0.25, 0.3) is 5.56 Å². The average Bonchev–Trinajstić information content (AvgIpc) is 3.56. The maximum atomic E-state index is 14.3. The Hall–Kier alpha value is -3.36. The molecule has 40 heavy (non-hydrogen) atoms. The molecule has 0 aliphatic rings. The Bertz CT molecular complexity index is 1580. The van der Waals surface area contributed by atoms with Gasteiger partial charge in [-0.05, 0) is 52.0 Å². The summed E-state index contributed by atoms with van der Waals surface area (Å²) < 4.78 is 29.7. The van der Waals surface area contributed by atoms with Crippen molar-refractivity contribution in [3.63, 3.8) is 0 Å². The minimum absolute atomic E-state index is 0.0860. The van der Waals surface area contributed by atoms with E-state index in [1.165, 1.54) is 41.2 Å². The second-order valence-electron chi connectivity index (χ2n) is 9.71. The lowest BCUT2D eigenvalue weighted by Gasteiger charge is -2.26. The topological polar surface area (TPSA) is 133 Å². The summed E-state index contributed by atoms with van der Waals surface area (Å²) in [6, 6.07) is 4.68. The van der Waals surface area contributed by atoms with E-state index in [4.69, 9.17) is 9.47 Å². The molecule has 3 atom stereocenters. The van der Waals surface area contributed by atoms with Crippen molar-refractivity contribution in [3.8, 4) is 10.8 Å². The van der Waals surface area contributed by atoms with Gasteiger partial charge in [-0.15, -0.1) is 0 Å². The third kappa shape index (κ3) is 5.74. The molecule has 3 heterocycles. The molecule has 0 amide bonds. The number of thiophene rings is 1. The third-order valence-electron chi connectivity index (χ3n) is 6.60. The molecule has 4 aromatic rings. The monoisotopic (exact) mass is 575 g/mol. The van der Waals surface area contributed by atoms with E-state index in [-0.39, 0.29) is 25.8 Å². The highest BCUT2D eigenvalue weighted by molar-refractivity contribution is 7.21. The minimum Gasteiger partial charge on any atom is -0.496 e. The highest BCUT2D eigenvalue weighted by Crippen LogP contribution is 2.34. The number of aliphatic hydroxyl groups is 2. The second kappa shape index (κ2) is 12.4. The van der Waals surface area contributed by atoms with Crippen LogP contribution in [0.4, 0.5) is 4.39 Å². The predicted octanol–water partition coefficient (Wildman–Crippen LogP) is 2.49. The van der Waals surface area contributed by atoms with Crippen LogP contribution in [0.2, 0.25) is 0 Å². The predicted molar refractivity (Wildman–Crippen MR) is 150 cm³/mol. The first kappa shape index (κ1) is 29.6. The molecule has 1 aromatic carbocycles. The molecule has 0 saturated heterocycles. The first-order valence-corrected chi connectivity index (χ1v) is 13.7. The number of halogens is 1. The summed E-state index contributed by atoms with van der Waals surface area (Å²) in [5, 5.41) is 28.5. The SMILES string of the molecule is COc1ccc(F)cc1[C@H](Cn1c(=O)n(C(C)C(O)NC(C)C)c(=O)c2c(C)c(-n3cccn3)sc21)OCCO. The smallest absolute Gasteiger partial charge is 0.332 e. The van der Waals surface area contributed by atoms with Crippen molar-refractivity contribution in [3.05, 3.63) is 74.4 Å². The molecule has 4 rings (SSSR count). The lowest BCUT2D eigenvalue weighted by molar-refractivity contribution is 0.0160. The van der Waals surface area contributed by atoms with Crippen LogP contribution in [0.25, 0.3) is 15.2 Å². The number of rotatable bonds is 12. The van der Waals surface area contributed by atoms with Crippen LogP contribution in [0, 0.1) is 12.7 Å². The van der Waals surface area contributed by atoms with E-state index in [0.29, 0.717) is 32.1 Å².